The highest BCUT2D eigenvalue weighted by atomic mass is 16.5. The van der Waals surface area contributed by atoms with E-state index in [1.807, 2.05) is 31.2 Å². The minimum absolute atomic E-state index is 0.200. The average Bonchev–Trinajstić information content (AvgIpc) is 3.21. The van der Waals surface area contributed by atoms with E-state index in [1.54, 1.807) is 11.0 Å². The third-order valence-corrected chi connectivity index (χ3v) is 4.55. The van der Waals surface area contributed by atoms with Crippen molar-refractivity contribution in [3.63, 3.8) is 0 Å². The van der Waals surface area contributed by atoms with Crippen molar-refractivity contribution in [1.82, 2.24) is 15.2 Å². The second-order valence-corrected chi connectivity index (χ2v) is 5.99. The Labute approximate surface area is 143 Å². The summed E-state index contributed by atoms with van der Waals surface area (Å²) in [4.78, 5) is 31.0. The fraction of sp³-hybridized carbons (Fsp3) is 0.222. The summed E-state index contributed by atoms with van der Waals surface area (Å²) in [6.07, 6.45) is 1.51. The molecule has 7 nitrogen and oxygen atoms in total. The number of para-hydroxylation sites is 1. The van der Waals surface area contributed by atoms with Crippen LogP contribution in [0.5, 0.6) is 0 Å². The van der Waals surface area contributed by atoms with Crippen LogP contribution in [-0.4, -0.2) is 40.7 Å². The Morgan fingerprint density at radius 2 is 2.12 bits per heavy atom. The van der Waals surface area contributed by atoms with Crippen molar-refractivity contribution in [3.8, 4) is 0 Å². The number of nitrogens with zero attached hydrogens (tertiary/aromatic N) is 3. The normalized spacial score (nSPS) is 16.1. The zero-order valence-corrected chi connectivity index (χ0v) is 13.8. The van der Waals surface area contributed by atoms with Crippen LogP contribution in [0, 0.1) is 6.92 Å². The molecule has 0 saturated carbocycles. The molecular weight excluding hydrogens is 320 g/mol. The van der Waals surface area contributed by atoms with E-state index in [9.17, 15) is 9.59 Å². The van der Waals surface area contributed by atoms with Crippen LogP contribution in [0.2, 0.25) is 0 Å². The summed E-state index contributed by atoms with van der Waals surface area (Å²) in [6, 6.07) is 9.17. The van der Waals surface area contributed by atoms with Crippen molar-refractivity contribution in [2.24, 2.45) is 0 Å². The Bertz CT molecular complexity index is 995. The lowest BCUT2D eigenvalue weighted by Gasteiger charge is -2.17. The summed E-state index contributed by atoms with van der Waals surface area (Å²) in [5.74, 6) is -1.02. The number of aromatic nitrogens is 3. The molecule has 1 aliphatic heterocycles. The number of fused-ring (bicyclic) bond motifs is 2. The number of nitrogens with one attached hydrogen (secondary N) is 1. The Kier molecular flexibility index (Phi) is 3.49. The molecule has 2 aromatic heterocycles. The van der Waals surface area contributed by atoms with E-state index < -0.39 is 5.92 Å². The molecule has 3 heterocycles. The summed E-state index contributed by atoms with van der Waals surface area (Å²) in [7, 11) is 1.36. The summed E-state index contributed by atoms with van der Waals surface area (Å²) in [5, 5.41) is 7.74. The standard InChI is InChI=1S/C18H16N4O3/c1-10-13-7-11(8-19-16(13)21-20-10)17(23)22-9-14(18(24)25-2)12-5-3-4-6-15(12)22/h3-8,14H,9H2,1-2H3,(H,19,20,21)/t14-/m0/s1. The van der Waals surface area contributed by atoms with Gasteiger partial charge in [0.1, 0.15) is 5.92 Å². The van der Waals surface area contributed by atoms with E-state index in [0.29, 0.717) is 11.2 Å². The first-order chi connectivity index (χ1) is 12.1. The second kappa shape index (κ2) is 5.70. The number of pyridine rings is 1. The zero-order chi connectivity index (χ0) is 17.6. The van der Waals surface area contributed by atoms with Crippen molar-refractivity contribution in [2.75, 3.05) is 18.6 Å². The molecule has 0 unspecified atom stereocenters. The number of amides is 1. The van der Waals surface area contributed by atoms with E-state index in [2.05, 4.69) is 15.2 Å². The molecule has 1 amide bonds. The van der Waals surface area contributed by atoms with E-state index in [1.165, 1.54) is 13.3 Å². The van der Waals surface area contributed by atoms with Gasteiger partial charge in [0, 0.05) is 29.5 Å². The SMILES string of the molecule is COC(=O)[C@H]1CN(C(=O)c2cnc3n[nH]c(C)c3c2)c2ccccc21. The van der Waals surface area contributed by atoms with Gasteiger partial charge in [0.25, 0.3) is 5.91 Å². The van der Waals surface area contributed by atoms with Gasteiger partial charge >= 0.3 is 5.97 Å². The number of hydrogen-bond donors (Lipinski definition) is 1. The van der Waals surface area contributed by atoms with E-state index in [0.717, 1.165) is 22.3 Å². The van der Waals surface area contributed by atoms with Gasteiger partial charge < -0.3 is 9.64 Å². The molecule has 25 heavy (non-hydrogen) atoms. The van der Waals surface area contributed by atoms with E-state index >= 15 is 0 Å². The number of carbonyl (C=O) groups is 2. The number of H-pyrrole nitrogens is 1. The van der Waals surface area contributed by atoms with Gasteiger partial charge in [-0.15, -0.1) is 0 Å². The van der Waals surface area contributed by atoms with Crippen LogP contribution < -0.4 is 4.90 Å². The predicted octanol–water partition coefficient (Wildman–Crippen LogP) is 2.18. The Morgan fingerprint density at radius 1 is 1.32 bits per heavy atom. The first-order valence-electron chi connectivity index (χ1n) is 7.89. The molecule has 1 atom stereocenters. The van der Waals surface area contributed by atoms with Gasteiger partial charge in [-0.3, -0.25) is 14.7 Å². The van der Waals surface area contributed by atoms with Crippen LogP contribution >= 0.6 is 0 Å². The largest absolute Gasteiger partial charge is 0.468 e. The number of methoxy groups -OCH3 is 1. The van der Waals surface area contributed by atoms with Crippen LogP contribution in [0.4, 0.5) is 5.69 Å². The molecule has 1 N–H and O–H groups in total. The van der Waals surface area contributed by atoms with Crippen LogP contribution in [0.1, 0.15) is 27.5 Å². The van der Waals surface area contributed by atoms with Gasteiger partial charge in [-0.25, -0.2) is 4.98 Å². The number of hydrogen-bond acceptors (Lipinski definition) is 5. The lowest BCUT2D eigenvalue weighted by atomic mass is 10.0. The molecule has 7 heteroatoms. The van der Waals surface area contributed by atoms with Gasteiger partial charge in [-0.1, -0.05) is 18.2 Å². The number of aromatic amines is 1. The maximum atomic E-state index is 13.0. The van der Waals surface area contributed by atoms with Crippen molar-refractivity contribution in [3.05, 3.63) is 53.3 Å². The van der Waals surface area contributed by atoms with E-state index in [4.69, 9.17) is 4.74 Å². The molecule has 1 aromatic carbocycles. The van der Waals surface area contributed by atoms with Gasteiger partial charge in [0.05, 0.1) is 12.7 Å². The van der Waals surface area contributed by atoms with Gasteiger partial charge in [-0.05, 0) is 24.6 Å². The quantitative estimate of drug-likeness (QED) is 0.725. The van der Waals surface area contributed by atoms with Gasteiger partial charge in [0.15, 0.2) is 5.65 Å². The maximum Gasteiger partial charge on any atom is 0.315 e. The van der Waals surface area contributed by atoms with Crippen molar-refractivity contribution < 1.29 is 14.3 Å². The number of aryl methyl sites for hydroxylation is 1. The molecule has 3 aromatic rings. The number of esters is 1. The number of rotatable bonds is 2. The number of carbonyl (C=O) groups excluding carboxylic acids is 2. The number of ether oxygens (including phenoxy) is 1. The molecular formula is C18H16N4O3. The minimum Gasteiger partial charge on any atom is -0.468 e. The summed E-state index contributed by atoms with van der Waals surface area (Å²) < 4.78 is 4.89. The highest BCUT2D eigenvalue weighted by molar-refractivity contribution is 6.09. The molecule has 0 saturated heterocycles. The first kappa shape index (κ1) is 15.3. The summed E-state index contributed by atoms with van der Waals surface area (Å²) in [5.41, 5.74) is 3.41. The monoisotopic (exact) mass is 336 g/mol. The third-order valence-electron chi connectivity index (χ3n) is 4.55. The third kappa shape index (κ3) is 2.36. The Hall–Kier alpha value is -3.22. The molecule has 1 aliphatic rings. The highest BCUT2D eigenvalue weighted by Gasteiger charge is 2.37. The zero-order valence-electron chi connectivity index (χ0n) is 13.8. The smallest absolute Gasteiger partial charge is 0.315 e. The predicted molar refractivity (Wildman–Crippen MR) is 91.5 cm³/mol. The molecule has 0 fully saturated rings. The fourth-order valence-corrected chi connectivity index (χ4v) is 3.24. The number of benzene rings is 1. The fourth-order valence-electron chi connectivity index (χ4n) is 3.24. The van der Waals surface area contributed by atoms with Crippen LogP contribution in [0.25, 0.3) is 11.0 Å². The molecule has 0 bridgehead atoms. The molecule has 0 spiro atoms. The summed E-state index contributed by atoms with van der Waals surface area (Å²) >= 11 is 0. The second-order valence-electron chi connectivity index (χ2n) is 5.99. The van der Waals surface area contributed by atoms with Gasteiger partial charge in [-0.2, -0.15) is 5.10 Å². The molecule has 0 radical (unpaired) electrons. The lowest BCUT2D eigenvalue weighted by molar-refractivity contribution is -0.141. The van der Waals surface area contributed by atoms with Gasteiger partial charge in [0.2, 0.25) is 0 Å². The van der Waals surface area contributed by atoms with Crippen LogP contribution in [0.15, 0.2) is 36.5 Å². The Balaban J connectivity index is 1.74. The highest BCUT2D eigenvalue weighted by Crippen LogP contribution is 2.37. The first-order valence-corrected chi connectivity index (χ1v) is 7.89. The van der Waals surface area contributed by atoms with Crippen molar-refractivity contribution in [1.29, 1.82) is 0 Å². The maximum absolute atomic E-state index is 13.0. The molecule has 4 rings (SSSR count). The Morgan fingerprint density at radius 3 is 2.92 bits per heavy atom. The van der Waals surface area contributed by atoms with Crippen LogP contribution in [-0.2, 0) is 9.53 Å². The van der Waals surface area contributed by atoms with Crippen molar-refractivity contribution >= 4 is 28.6 Å². The average molecular weight is 336 g/mol. The van der Waals surface area contributed by atoms with E-state index in [-0.39, 0.29) is 18.4 Å². The summed E-state index contributed by atoms with van der Waals surface area (Å²) in [6.45, 7) is 2.14. The molecule has 0 aliphatic carbocycles. The molecule has 126 valence electrons. The van der Waals surface area contributed by atoms with Crippen molar-refractivity contribution in [2.45, 2.75) is 12.8 Å². The number of anilines is 1. The van der Waals surface area contributed by atoms with Crippen LogP contribution in [0.3, 0.4) is 0 Å². The topological polar surface area (TPSA) is 88.2 Å². The lowest BCUT2D eigenvalue weighted by Crippen LogP contribution is -2.31. The minimum atomic E-state index is -0.475.